The van der Waals surface area contributed by atoms with Gasteiger partial charge in [-0.1, -0.05) is 28.8 Å². The van der Waals surface area contributed by atoms with E-state index in [0.717, 1.165) is 41.7 Å². The Morgan fingerprint density at radius 1 is 1.17 bits per heavy atom. The lowest BCUT2D eigenvalue weighted by Crippen LogP contribution is -2.41. The molecule has 1 saturated heterocycles. The first-order chi connectivity index (χ1) is 11.5. The second-order valence-corrected chi connectivity index (χ2v) is 7.39. The molecule has 0 atom stereocenters. The predicted molar refractivity (Wildman–Crippen MR) is 100 cm³/mol. The number of rotatable bonds is 5. The number of nitrogens with zero attached hydrogens (tertiary/aromatic N) is 2. The van der Waals surface area contributed by atoms with Gasteiger partial charge in [-0.05, 0) is 50.6 Å². The third kappa shape index (κ3) is 5.91. The van der Waals surface area contributed by atoms with E-state index in [4.69, 9.17) is 0 Å². The van der Waals surface area contributed by atoms with E-state index >= 15 is 0 Å². The Kier molecular flexibility index (Phi) is 7.24. The summed E-state index contributed by atoms with van der Waals surface area (Å²) in [5, 5.41) is 2.90. The first-order valence-electron chi connectivity index (χ1n) is 8.48. The summed E-state index contributed by atoms with van der Waals surface area (Å²) < 4.78 is 0.984. The van der Waals surface area contributed by atoms with Crippen LogP contribution in [-0.2, 0) is 9.59 Å². The van der Waals surface area contributed by atoms with Crippen molar-refractivity contribution in [2.24, 2.45) is 0 Å². The van der Waals surface area contributed by atoms with E-state index in [9.17, 15) is 9.59 Å². The van der Waals surface area contributed by atoms with E-state index in [1.807, 2.05) is 37.1 Å². The number of aryl methyl sites for hydroxylation is 1. The highest BCUT2D eigenvalue weighted by Gasteiger charge is 2.18. The SMILES string of the molecule is Cc1cc(Br)ccc1NC(=O)CN(C)CC(=O)N1CCCCCC1. The Morgan fingerprint density at radius 2 is 1.83 bits per heavy atom. The van der Waals surface area contributed by atoms with Crippen molar-refractivity contribution >= 4 is 33.4 Å². The minimum Gasteiger partial charge on any atom is -0.342 e. The molecule has 1 fully saturated rings. The van der Waals surface area contributed by atoms with Gasteiger partial charge in [0, 0.05) is 23.2 Å². The van der Waals surface area contributed by atoms with Crippen LogP contribution >= 0.6 is 15.9 Å². The van der Waals surface area contributed by atoms with Gasteiger partial charge >= 0.3 is 0 Å². The smallest absolute Gasteiger partial charge is 0.238 e. The molecule has 0 spiro atoms. The van der Waals surface area contributed by atoms with Crippen molar-refractivity contribution < 1.29 is 9.59 Å². The molecule has 0 unspecified atom stereocenters. The van der Waals surface area contributed by atoms with Crippen molar-refractivity contribution in [3.63, 3.8) is 0 Å². The third-order valence-electron chi connectivity index (χ3n) is 4.24. The summed E-state index contributed by atoms with van der Waals surface area (Å²) in [5.41, 5.74) is 1.80. The average Bonchev–Trinajstić information content (AvgIpc) is 2.79. The fraction of sp³-hybridized carbons (Fsp3) is 0.556. The molecule has 1 aliphatic heterocycles. The Hall–Kier alpha value is -1.40. The Morgan fingerprint density at radius 3 is 2.46 bits per heavy atom. The summed E-state index contributed by atoms with van der Waals surface area (Å²) in [6.07, 6.45) is 4.57. The summed E-state index contributed by atoms with van der Waals surface area (Å²) in [5.74, 6) is 0.0126. The van der Waals surface area contributed by atoms with Crippen molar-refractivity contribution in [1.29, 1.82) is 0 Å². The van der Waals surface area contributed by atoms with Crippen LogP contribution in [0.4, 0.5) is 5.69 Å². The van der Waals surface area contributed by atoms with Crippen LogP contribution < -0.4 is 5.32 Å². The first-order valence-corrected chi connectivity index (χ1v) is 9.27. The van der Waals surface area contributed by atoms with Gasteiger partial charge in [0.25, 0.3) is 0 Å². The average molecular weight is 396 g/mol. The van der Waals surface area contributed by atoms with Crippen molar-refractivity contribution in [3.05, 3.63) is 28.2 Å². The quantitative estimate of drug-likeness (QED) is 0.833. The number of hydrogen-bond donors (Lipinski definition) is 1. The molecule has 1 aromatic carbocycles. The molecule has 0 saturated carbocycles. The van der Waals surface area contributed by atoms with Gasteiger partial charge in [0.15, 0.2) is 0 Å². The van der Waals surface area contributed by atoms with Gasteiger partial charge in [0.2, 0.25) is 11.8 Å². The second-order valence-electron chi connectivity index (χ2n) is 6.47. The number of carbonyl (C=O) groups is 2. The number of hydrogen-bond acceptors (Lipinski definition) is 3. The van der Waals surface area contributed by atoms with E-state index in [0.29, 0.717) is 0 Å². The lowest BCUT2D eigenvalue weighted by molar-refractivity contribution is -0.132. The van der Waals surface area contributed by atoms with Gasteiger partial charge < -0.3 is 10.2 Å². The normalized spacial score (nSPS) is 15.2. The molecular formula is C18H26BrN3O2. The minimum atomic E-state index is -0.105. The van der Waals surface area contributed by atoms with Gasteiger partial charge in [-0.3, -0.25) is 14.5 Å². The molecule has 0 bridgehead atoms. The van der Waals surface area contributed by atoms with Gasteiger partial charge in [0.1, 0.15) is 0 Å². The molecule has 0 radical (unpaired) electrons. The van der Waals surface area contributed by atoms with Crippen LogP contribution in [0.3, 0.4) is 0 Å². The molecule has 0 aromatic heterocycles. The summed E-state index contributed by atoms with van der Waals surface area (Å²) in [6, 6.07) is 5.73. The van der Waals surface area contributed by atoms with E-state index in [1.54, 1.807) is 4.90 Å². The lowest BCUT2D eigenvalue weighted by atomic mass is 10.2. The van der Waals surface area contributed by atoms with Crippen LogP contribution in [0.15, 0.2) is 22.7 Å². The van der Waals surface area contributed by atoms with Crippen molar-refractivity contribution in [1.82, 2.24) is 9.80 Å². The fourth-order valence-corrected chi connectivity index (χ4v) is 3.38. The zero-order valence-corrected chi connectivity index (χ0v) is 16.1. The number of carbonyl (C=O) groups excluding carboxylic acids is 2. The highest BCUT2D eigenvalue weighted by atomic mass is 79.9. The molecular weight excluding hydrogens is 370 g/mol. The number of amides is 2. The molecule has 6 heteroatoms. The molecule has 24 heavy (non-hydrogen) atoms. The van der Waals surface area contributed by atoms with Gasteiger partial charge in [-0.25, -0.2) is 0 Å². The van der Waals surface area contributed by atoms with E-state index in [1.165, 1.54) is 12.8 Å². The monoisotopic (exact) mass is 395 g/mol. The molecule has 0 aliphatic carbocycles. The van der Waals surface area contributed by atoms with Crippen molar-refractivity contribution in [2.75, 3.05) is 38.5 Å². The topological polar surface area (TPSA) is 52.7 Å². The largest absolute Gasteiger partial charge is 0.342 e. The highest BCUT2D eigenvalue weighted by Crippen LogP contribution is 2.19. The van der Waals surface area contributed by atoms with Crippen LogP contribution in [0, 0.1) is 6.92 Å². The molecule has 1 aromatic rings. The number of halogens is 1. The molecule has 1 N–H and O–H groups in total. The summed E-state index contributed by atoms with van der Waals surface area (Å²) in [7, 11) is 1.81. The minimum absolute atomic E-state index is 0.105. The predicted octanol–water partition coefficient (Wildman–Crippen LogP) is 3.03. The first kappa shape index (κ1) is 18.9. The van der Waals surface area contributed by atoms with Gasteiger partial charge in [0.05, 0.1) is 13.1 Å². The Bertz CT molecular complexity index is 584. The zero-order chi connectivity index (χ0) is 17.5. The second kappa shape index (κ2) is 9.18. The van der Waals surface area contributed by atoms with Crippen LogP contribution in [0.1, 0.15) is 31.2 Å². The molecule has 2 rings (SSSR count). The number of anilines is 1. The molecule has 2 amide bonds. The maximum Gasteiger partial charge on any atom is 0.238 e. The molecule has 5 nitrogen and oxygen atoms in total. The number of benzene rings is 1. The maximum atomic E-state index is 12.3. The summed E-state index contributed by atoms with van der Waals surface area (Å²) in [6.45, 7) is 4.13. The van der Waals surface area contributed by atoms with Gasteiger partial charge in [-0.2, -0.15) is 0 Å². The highest BCUT2D eigenvalue weighted by molar-refractivity contribution is 9.10. The van der Waals surface area contributed by atoms with Crippen LogP contribution in [0.25, 0.3) is 0 Å². The van der Waals surface area contributed by atoms with Crippen molar-refractivity contribution in [3.8, 4) is 0 Å². The van der Waals surface area contributed by atoms with E-state index in [2.05, 4.69) is 21.2 Å². The van der Waals surface area contributed by atoms with Gasteiger partial charge in [-0.15, -0.1) is 0 Å². The number of likely N-dealkylation sites (N-methyl/N-ethyl adjacent to an activating group) is 1. The lowest BCUT2D eigenvalue weighted by Gasteiger charge is -2.23. The fourth-order valence-electron chi connectivity index (χ4n) is 2.91. The van der Waals surface area contributed by atoms with E-state index < -0.39 is 0 Å². The maximum absolute atomic E-state index is 12.3. The van der Waals surface area contributed by atoms with E-state index in [-0.39, 0.29) is 24.9 Å². The Labute approximate surface area is 152 Å². The zero-order valence-electron chi connectivity index (χ0n) is 14.5. The summed E-state index contributed by atoms with van der Waals surface area (Å²) >= 11 is 3.41. The molecule has 1 heterocycles. The number of nitrogens with one attached hydrogen (secondary N) is 1. The van der Waals surface area contributed by atoms with Crippen LogP contribution in [0.5, 0.6) is 0 Å². The third-order valence-corrected chi connectivity index (χ3v) is 4.73. The summed E-state index contributed by atoms with van der Waals surface area (Å²) in [4.78, 5) is 28.2. The molecule has 1 aliphatic rings. The van der Waals surface area contributed by atoms with Crippen LogP contribution in [0.2, 0.25) is 0 Å². The Balaban J connectivity index is 1.81. The van der Waals surface area contributed by atoms with Crippen LogP contribution in [-0.4, -0.2) is 54.8 Å². The number of likely N-dealkylation sites (tertiary alicyclic amines) is 1. The molecule has 132 valence electrons. The van der Waals surface area contributed by atoms with Crippen molar-refractivity contribution in [2.45, 2.75) is 32.6 Å². The standard InChI is InChI=1S/C18H26BrN3O2/c1-14-11-15(19)7-8-16(14)20-17(23)12-21(2)13-18(24)22-9-5-3-4-6-10-22/h7-8,11H,3-6,9-10,12-13H2,1-2H3,(H,20,23).